The van der Waals surface area contributed by atoms with Gasteiger partial charge in [-0.25, -0.2) is 4.79 Å². The minimum Gasteiger partial charge on any atom is -0.497 e. The third-order valence-corrected chi connectivity index (χ3v) is 6.79. The predicted octanol–water partition coefficient (Wildman–Crippen LogP) is 3.26. The van der Waals surface area contributed by atoms with Gasteiger partial charge in [0.25, 0.3) is 17.5 Å². The molecule has 0 aromatic heterocycles. The summed E-state index contributed by atoms with van der Waals surface area (Å²) >= 11 is 0. The van der Waals surface area contributed by atoms with Gasteiger partial charge in [-0.05, 0) is 54.1 Å². The van der Waals surface area contributed by atoms with Crippen LogP contribution in [0.4, 0.5) is 16.2 Å². The number of nitrogens with zero attached hydrogens (tertiary/aromatic N) is 3. The number of hydrogen-bond acceptors (Lipinski definition) is 8. The lowest BCUT2D eigenvalue weighted by atomic mass is 10.0. The van der Waals surface area contributed by atoms with E-state index in [-0.39, 0.29) is 29.9 Å². The fourth-order valence-corrected chi connectivity index (χ4v) is 4.63. The van der Waals surface area contributed by atoms with Crippen molar-refractivity contribution < 1.29 is 38.7 Å². The van der Waals surface area contributed by atoms with Gasteiger partial charge in [0.15, 0.2) is 6.17 Å². The average molecular weight is 592 g/mol. The summed E-state index contributed by atoms with van der Waals surface area (Å²) < 4.78 is 10.3. The number of carboxylic acids is 1. The van der Waals surface area contributed by atoms with Crippen LogP contribution in [0.15, 0.2) is 72.8 Å². The first-order valence-electron chi connectivity index (χ1n) is 13.0. The normalized spacial score (nSPS) is 14.9. The standard InChI is InChI=1S/C29H29N5O9/c1-42-22-10-6-18(7-11-22)28(38)32-14-15-33(29(39)30-20-8-12-23(43-2)13-9-20)27(32)26(37)31-24(17-25(35)36)19-4-3-5-21(16-19)34(40)41/h3-13,16,24,27H,14-15,17H2,1-2H3,(H,30,39)(H,31,37)(H,35,36). The molecule has 1 fully saturated rings. The molecule has 14 nitrogen and oxygen atoms in total. The zero-order valence-corrected chi connectivity index (χ0v) is 23.3. The molecule has 4 amide bonds. The monoisotopic (exact) mass is 591 g/mol. The Morgan fingerprint density at radius 2 is 1.56 bits per heavy atom. The zero-order chi connectivity index (χ0) is 31.1. The number of rotatable bonds is 10. The average Bonchev–Trinajstić information content (AvgIpc) is 3.46. The molecule has 0 spiro atoms. The molecule has 3 N–H and O–H groups in total. The van der Waals surface area contributed by atoms with E-state index in [0.717, 1.165) is 11.0 Å². The summed E-state index contributed by atoms with van der Waals surface area (Å²) in [7, 11) is 2.98. The van der Waals surface area contributed by atoms with Crippen molar-refractivity contribution in [2.45, 2.75) is 18.6 Å². The summed E-state index contributed by atoms with van der Waals surface area (Å²) in [5, 5.41) is 26.1. The minimum atomic E-state index is -1.47. The lowest BCUT2D eigenvalue weighted by Crippen LogP contribution is -2.55. The zero-order valence-electron chi connectivity index (χ0n) is 23.3. The van der Waals surface area contributed by atoms with Crippen LogP contribution in [-0.4, -0.2) is 77.1 Å². The van der Waals surface area contributed by atoms with Gasteiger partial charge in [-0.3, -0.25) is 29.4 Å². The summed E-state index contributed by atoms with van der Waals surface area (Å²) in [4.78, 5) is 65.6. The Bertz CT molecular complexity index is 1510. The molecule has 1 saturated heterocycles. The summed E-state index contributed by atoms with van der Waals surface area (Å²) in [5.74, 6) is -1.59. The number of hydrogen-bond donors (Lipinski definition) is 3. The first-order valence-corrected chi connectivity index (χ1v) is 13.0. The van der Waals surface area contributed by atoms with Gasteiger partial charge in [0.1, 0.15) is 11.5 Å². The van der Waals surface area contributed by atoms with Crippen molar-refractivity contribution in [3.05, 3.63) is 94.0 Å². The minimum absolute atomic E-state index is 0.000607. The Morgan fingerprint density at radius 1 is 0.953 bits per heavy atom. The van der Waals surface area contributed by atoms with Crippen LogP contribution in [-0.2, 0) is 9.59 Å². The Labute approximate surface area is 245 Å². The van der Waals surface area contributed by atoms with E-state index in [1.807, 2.05) is 0 Å². The van der Waals surface area contributed by atoms with Crippen molar-refractivity contribution >= 4 is 35.2 Å². The number of non-ortho nitro benzene ring substituents is 1. The molecule has 2 atom stereocenters. The summed E-state index contributed by atoms with van der Waals surface area (Å²) in [5.41, 5.74) is 0.520. The van der Waals surface area contributed by atoms with Crippen LogP contribution in [0.5, 0.6) is 11.5 Å². The first kappa shape index (κ1) is 30.3. The van der Waals surface area contributed by atoms with Crippen LogP contribution in [0.25, 0.3) is 0 Å². The molecule has 43 heavy (non-hydrogen) atoms. The fourth-order valence-electron chi connectivity index (χ4n) is 4.63. The second-order valence-corrected chi connectivity index (χ2v) is 9.46. The van der Waals surface area contributed by atoms with Gasteiger partial charge < -0.3 is 30.1 Å². The van der Waals surface area contributed by atoms with Crippen molar-refractivity contribution in [1.82, 2.24) is 15.1 Å². The number of nitro groups is 1. The van der Waals surface area contributed by atoms with E-state index >= 15 is 0 Å². The quantitative estimate of drug-likeness (QED) is 0.235. The van der Waals surface area contributed by atoms with Crippen LogP contribution in [0.2, 0.25) is 0 Å². The van der Waals surface area contributed by atoms with E-state index in [9.17, 15) is 34.4 Å². The second-order valence-electron chi connectivity index (χ2n) is 9.46. The highest BCUT2D eigenvalue weighted by Gasteiger charge is 2.44. The maximum atomic E-state index is 13.8. The number of urea groups is 1. The first-order chi connectivity index (χ1) is 20.6. The second kappa shape index (κ2) is 13.3. The van der Waals surface area contributed by atoms with Crippen LogP contribution >= 0.6 is 0 Å². The molecule has 14 heteroatoms. The number of anilines is 1. The van der Waals surface area contributed by atoms with E-state index in [2.05, 4.69) is 10.6 Å². The van der Waals surface area contributed by atoms with Gasteiger partial charge >= 0.3 is 12.0 Å². The number of carbonyl (C=O) groups is 4. The van der Waals surface area contributed by atoms with E-state index < -0.39 is 47.4 Å². The number of nitro benzene ring substituents is 1. The highest BCUT2D eigenvalue weighted by molar-refractivity contribution is 6.00. The number of amides is 4. The lowest BCUT2D eigenvalue weighted by molar-refractivity contribution is -0.384. The molecular weight excluding hydrogens is 562 g/mol. The van der Waals surface area contributed by atoms with Crippen molar-refractivity contribution in [3.63, 3.8) is 0 Å². The molecule has 3 aromatic carbocycles. The topological polar surface area (TPSA) is 181 Å². The fraction of sp³-hybridized carbons (Fsp3) is 0.241. The number of aliphatic carboxylic acids is 1. The van der Waals surface area contributed by atoms with E-state index in [1.165, 1.54) is 49.5 Å². The van der Waals surface area contributed by atoms with Gasteiger partial charge in [0.05, 0.1) is 31.6 Å². The van der Waals surface area contributed by atoms with Crippen molar-refractivity contribution in [3.8, 4) is 11.5 Å². The number of carbonyl (C=O) groups excluding carboxylic acids is 3. The van der Waals surface area contributed by atoms with Gasteiger partial charge in [-0.1, -0.05) is 12.1 Å². The van der Waals surface area contributed by atoms with Gasteiger partial charge in [-0.2, -0.15) is 0 Å². The number of ether oxygens (including phenoxy) is 2. The largest absolute Gasteiger partial charge is 0.497 e. The number of benzene rings is 3. The maximum Gasteiger partial charge on any atom is 0.323 e. The van der Waals surface area contributed by atoms with Gasteiger partial charge in [-0.15, -0.1) is 0 Å². The third kappa shape index (κ3) is 7.16. The molecule has 0 radical (unpaired) electrons. The van der Waals surface area contributed by atoms with Gasteiger partial charge in [0.2, 0.25) is 0 Å². The van der Waals surface area contributed by atoms with Crippen LogP contribution in [0.1, 0.15) is 28.4 Å². The smallest absolute Gasteiger partial charge is 0.323 e. The summed E-state index contributed by atoms with van der Waals surface area (Å²) in [6.45, 7) is -0.0121. The van der Waals surface area contributed by atoms with Crippen LogP contribution in [0.3, 0.4) is 0 Å². The molecule has 0 saturated carbocycles. The summed E-state index contributed by atoms with van der Waals surface area (Å²) in [6, 6.07) is 16.0. The Kier molecular flexibility index (Phi) is 9.40. The van der Waals surface area contributed by atoms with Gasteiger partial charge in [0, 0.05) is 36.5 Å². The van der Waals surface area contributed by atoms with Crippen molar-refractivity contribution in [2.24, 2.45) is 0 Å². The predicted molar refractivity (Wildman–Crippen MR) is 153 cm³/mol. The van der Waals surface area contributed by atoms with Crippen molar-refractivity contribution in [1.29, 1.82) is 0 Å². The molecule has 0 aliphatic carbocycles. The van der Waals surface area contributed by atoms with Crippen molar-refractivity contribution in [2.75, 3.05) is 32.6 Å². The Hall–Kier alpha value is -5.66. The van der Waals surface area contributed by atoms with E-state index in [4.69, 9.17) is 9.47 Å². The molecule has 1 heterocycles. The number of carboxylic acid groups (broad SMARTS) is 1. The lowest BCUT2D eigenvalue weighted by Gasteiger charge is -2.31. The molecular formula is C29H29N5O9. The highest BCUT2D eigenvalue weighted by atomic mass is 16.6. The van der Waals surface area contributed by atoms with Crippen LogP contribution < -0.4 is 20.1 Å². The molecule has 3 aromatic rings. The van der Waals surface area contributed by atoms with E-state index in [0.29, 0.717) is 17.2 Å². The highest BCUT2D eigenvalue weighted by Crippen LogP contribution is 2.26. The molecule has 2 unspecified atom stereocenters. The third-order valence-electron chi connectivity index (χ3n) is 6.79. The summed E-state index contributed by atoms with van der Waals surface area (Å²) in [6.07, 6.45) is -2.08. The Balaban J connectivity index is 1.65. The maximum absolute atomic E-state index is 13.8. The SMILES string of the molecule is COc1ccc(NC(=O)N2CCN(C(=O)c3ccc(OC)cc3)C2C(=O)NC(CC(=O)O)c2cccc([N+](=O)[O-])c2)cc1. The number of methoxy groups -OCH3 is 2. The van der Waals surface area contributed by atoms with E-state index in [1.54, 1.807) is 36.4 Å². The molecule has 224 valence electrons. The Morgan fingerprint density at radius 3 is 2.14 bits per heavy atom. The molecule has 1 aliphatic rings. The van der Waals surface area contributed by atoms with Crippen LogP contribution in [0, 0.1) is 10.1 Å². The number of nitrogens with one attached hydrogen (secondary N) is 2. The molecule has 0 bridgehead atoms. The molecule has 4 rings (SSSR count). The molecule has 1 aliphatic heterocycles.